The van der Waals surface area contributed by atoms with Crippen molar-refractivity contribution in [3.63, 3.8) is 0 Å². The van der Waals surface area contributed by atoms with E-state index in [1.54, 1.807) is 30.3 Å². The van der Waals surface area contributed by atoms with Crippen molar-refractivity contribution >= 4 is 10.0 Å². The van der Waals surface area contributed by atoms with E-state index in [2.05, 4.69) is 13.2 Å². The first kappa shape index (κ1) is 17.6. The number of hydrogen-bond acceptors (Lipinski definition) is 2. The summed E-state index contributed by atoms with van der Waals surface area (Å²) in [6.07, 6.45) is 4.08. The number of nitrogens with zero attached hydrogens (tertiary/aromatic N) is 1. The summed E-state index contributed by atoms with van der Waals surface area (Å²) >= 11 is 0. The molecule has 0 heterocycles. The molecule has 0 bridgehead atoms. The van der Waals surface area contributed by atoms with Gasteiger partial charge in [0.1, 0.15) is 5.83 Å². The Kier molecular flexibility index (Phi) is 6.78. The molecule has 21 heavy (non-hydrogen) atoms. The summed E-state index contributed by atoms with van der Waals surface area (Å²) in [5.41, 5.74) is 0.974. The summed E-state index contributed by atoms with van der Waals surface area (Å²) in [7, 11) is -3.69. The number of rotatable bonds is 9. The summed E-state index contributed by atoms with van der Waals surface area (Å²) in [6.45, 7) is 8.65. The molecule has 0 aliphatic heterocycles. The third-order valence-corrected chi connectivity index (χ3v) is 4.93. The van der Waals surface area contributed by atoms with Gasteiger partial charge in [-0.25, -0.2) is 12.8 Å². The van der Waals surface area contributed by atoms with Crippen LogP contribution in [0.5, 0.6) is 0 Å². The van der Waals surface area contributed by atoms with E-state index in [4.69, 9.17) is 0 Å². The van der Waals surface area contributed by atoms with E-state index in [9.17, 15) is 12.8 Å². The lowest BCUT2D eigenvalue weighted by atomic mass is 10.2. The summed E-state index contributed by atoms with van der Waals surface area (Å²) in [5, 5.41) is 0. The van der Waals surface area contributed by atoms with Crippen molar-refractivity contribution in [3.8, 4) is 0 Å². The second-order valence-corrected chi connectivity index (χ2v) is 6.89. The Morgan fingerprint density at radius 1 is 1.29 bits per heavy atom. The van der Waals surface area contributed by atoms with E-state index >= 15 is 0 Å². The van der Waals surface area contributed by atoms with Gasteiger partial charge in [0, 0.05) is 6.54 Å². The molecule has 116 valence electrons. The fraction of sp³-hybridized carbons (Fsp3) is 0.375. The Morgan fingerprint density at radius 3 is 2.43 bits per heavy atom. The molecule has 0 aliphatic carbocycles. The number of aryl methyl sites for hydroxylation is 1. The lowest BCUT2D eigenvalue weighted by Crippen LogP contribution is -2.33. The summed E-state index contributed by atoms with van der Waals surface area (Å²) in [4.78, 5) is 0.179. The highest BCUT2D eigenvalue weighted by Gasteiger charge is 2.24. The minimum Gasteiger partial charge on any atom is -0.211 e. The van der Waals surface area contributed by atoms with Crippen molar-refractivity contribution in [1.29, 1.82) is 0 Å². The topological polar surface area (TPSA) is 37.4 Å². The molecular weight excluding hydrogens is 289 g/mol. The van der Waals surface area contributed by atoms with Crippen molar-refractivity contribution in [2.45, 2.75) is 31.1 Å². The molecule has 0 N–H and O–H groups in total. The molecule has 0 saturated heterocycles. The molecule has 0 unspecified atom stereocenters. The first-order valence-corrected chi connectivity index (χ1v) is 8.33. The Labute approximate surface area is 126 Å². The van der Waals surface area contributed by atoms with Crippen LogP contribution < -0.4 is 0 Å². The van der Waals surface area contributed by atoms with Crippen molar-refractivity contribution in [2.75, 3.05) is 13.1 Å². The van der Waals surface area contributed by atoms with Crippen molar-refractivity contribution in [1.82, 2.24) is 4.31 Å². The van der Waals surface area contributed by atoms with Crippen LogP contribution in [-0.4, -0.2) is 25.8 Å². The highest BCUT2D eigenvalue weighted by Crippen LogP contribution is 2.18. The van der Waals surface area contributed by atoms with Crippen LogP contribution in [0.25, 0.3) is 0 Å². The van der Waals surface area contributed by atoms with Crippen LogP contribution in [0.15, 0.2) is 54.2 Å². The van der Waals surface area contributed by atoms with Crippen LogP contribution in [0.1, 0.15) is 24.8 Å². The molecule has 0 spiro atoms. The van der Waals surface area contributed by atoms with Crippen LogP contribution >= 0.6 is 0 Å². The molecule has 1 rings (SSSR count). The third kappa shape index (κ3) is 5.44. The number of sulfonamides is 1. The largest absolute Gasteiger partial charge is 0.243 e. The minimum absolute atomic E-state index is 0.179. The minimum atomic E-state index is -3.69. The van der Waals surface area contributed by atoms with Crippen molar-refractivity contribution < 1.29 is 12.8 Å². The number of benzene rings is 1. The second kappa shape index (κ2) is 8.10. The van der Waals surface area contributed by atoms with Crippen LogP contribution in [0.3, 0.4) is 0 Å². The average Bonchev–Trinajstić information content (AvgIpc) is 2.42. The highest BCUT2D eigenvalue weighted by molar-refractivity contribution is 7.89. The molecule has 1 aromatic carbocycles. The zero-order valence-electron chi connectivity index (χ0n) is 12.4. The lowest BCUT2D eigenvalue weighted by Gasteiger charge is -2.21. The first-order chi connectivity index (χ1) is 9.87. The third-order valence-electron chi connectivity index (χ3n) is 3.07. The fourth-order valence-electron chi connectivity index (χ4n) is 1.91. The Morgan fingerprint density at radius 2 is 1.90 bits per heavy atom. The van der Waals surface area contributed by atoms with Gasteiger partial charge in [-0.1, -0.05) is 30.4 Å². The maximum Gasteiger partial charge on any atom is 0.243 e. The van der Waals surface area contributed by atoms with Gasteiger partial charge in [-0.2, -0.15) is 4.31 Å². The first-order valence-electron chi connectivity index (χ1n) is 6.89. The molecular formula is C16H22FNO2S. The molecule has 3 nitrogen and oxygen atoms in total. The fourth-order valence-corrected chi connectivity index (χ4v) is 3.37. The molecule has 0 atom stereocenters. The van der Waals surface area contributed by atoms with Gasteiger partial charge >= 0.3 is 0 Å². The second-order valence-electron chi connectivity index (χ2n) is 4.95. The standard InChI is InChI=1S/C16H22FNO2S/c1-4-5-6-7-12-18(13-15(3)17)21(19,20)16-10-8-14(2)9-11-16/h4,8-11H,1,3,5-7,12-13H2,2H3. The van der Waals surface area contributed by atoms with Gasteiger partial charge in [0.25, 0.3) is 0 Å². The number of hydrogen-bond donors (Lipinski definition) is 0. The lowest BCUT2D eigenvalue weighted by molar-refractivity contribution is 0.396. The van der Waals surface area contributed by atoms with Gasteiger partial charge in [-0.15, -0.1) is 6.58 Å². The molecule has 5 heteroatoms. The van der Waals surface area contributed by atoms with Gasteiger partial charge < -0.3 is 0 Å². The number of unbranched alkanes of at least 4 members (excludes halogenated alkanes) is 2. The van der Waals surface area contributed by atoms with Crippen molar-refractivity contribution in [2.24, 2.45) is 0 Å². The van der Waals surface area contributed by atoms with Gasteiger partial charge in [0.05, 0.1) is 11.4 Å². The van der Waals surface area contributed by atoms with Gasteiger partial charge in [-0.3, -0.25) is 0 Å². The molecule has 0 aromatic heterocycles. The smallest absolute Gasteiger partial charge is 0.211 e. The van der Waals surface area contributed by atoms with E-state index in [1.807, 2.05) is 6.92 Å². The van der Waals surface area contributed by atoms with Gasteiger partial charge in [-0.05, 0) is 38.3 Å². The Bertz CT molecular complexity index is 579. The zero-order chi connectivity index (χ0) is 15.9. The quantitative estimate of drug-likeness (QED) is 0.513. The predicted molar refractivity (Wildman–Crippen MR) is 84.2 cm³/mol. The number of allylic oxidation sites excluding steroid dienone is 1. The maximum atomic E-state index is 13.1. The number of halogens is 1. The maximum absolute atomic E-state index is 13.1. The molecule has 0 radical (unpaired) electrons. The van der Waals surface area contributed by atoms with Crippen LogP contribution in [0, 0.1) is 6.92 Å². The van der Waals surface area contributed by atoms with Crippen LogP contribution in [0.2, 0.25) is 0 Å². The van der Waals surface area contributed by atoms with E-state index in [1.165, 1.54) is 0 Å². The van der Waals surface area contributed by atoms with Crippen LogP contribution in [0.4, 0.5) is 4.39 Å². The molecule has 0 fully saturated rings. The summed E-state index contributed by atoms with van der Waals surface area (Å²) < 4.78 is 39.3. The van der Waals surface area contributed by atoms with Gasteiger partial charge in [0.15, 0.2) is 0 Å². The molecule has 0 amide bonds. The SMILES string of the molecule is C=CCCCCN(CC(=C)F)S(=O)(=O)c1ccc(C)cc1. The molecule has 0 saturated carbocycles. The van der Waals surface area contributed by atoms with Crippen LogP contribution in [-0.2, 0) is 10.0 Å². The van der Waals surface area contributed by atoms with E-state index in [-0.39, 0.29) is 18.0 Å². The molecule has 1 aromatic rings. The van der Waals surface area contributed by atoms with Crippen molar-refractivity contribution in [3.05, 3.63) is 54.9 Å². The highest BCUT2D eigenvalue weighted by atomic mass is 32.2. The van der Waals surface area contributed by atoms with E-state index < -0.39 is 15.9 Å². The predicted octanol–water partition coefficient (Wildman–Crippen LogP) is 3.83. The molecule has 0 aliphatic rings. The zero-order valence-corrected chi connectivity index (χ0v) is 13.2. The van der Waals surface area contributed by atoms with Gasteiger partial charge in [0.2, 0.25) is 10.0 Å². The average molecular weight is 311 g/mol. The Hall–Kier alpha value is -1.46. The summed E-state index contributed by atoms with van der Waals surface area (Å²) in [6, 6.07) is 6.55. The van der Waals surface area contributed by atoms with E-state index in [0.717, 1.165) is 22.7 Å². The van der Waals surface area contributed by atoms with E-state index in [0.29, 0.717) is 6.42 Å². The monoisotopic (exact) mass is 311 g/mol. The summed E-state index contributed by atoms with van der Waals surface area (Å²) in [5.74, 6) is -0.658. The normalized spacial score (nSPS) is 11.6. The Balaban J connectivity index is 2.91.